The summed E-state index contributed by atoms with van der Waals surface area (Å²) in [4.78, 5) is 4.02. The molecule has 100 heavy (non-hydrogen) atoms. The Morgan fingerprint density at radius 2 is 0.610 bits per heavy atom. The standard InChI is InChI=1S/C64H109N3O33/c1-24(2)9-28(65)16-67-7-4-3-6-66(8-5-64-13-25-10-26(14-64)12-27(11-25)15-64)17-29-50-36(73)43(80)57(87-29)96-52-31(19-68)91-62(47(84)40(52)77)100-56-35(23-72)93-63(49(86)42(56)79)99-55-34(22-71)90-60(46(83)39(55)76)95-51-30(18-67)88-58(44(81)37(51)74)97-53-32(20-69)92-61(48(85)41(53)78)98-54-33(21-70)89-59(94-50)45(82)38(54)75/h24-63,68-86H,3-23,65H2,1-2H3/t25?,26?,27?,28-,29?,30?,31?,32?,33?,34?,35?,36?,37?,38?,39?,40?,41?,42?,43-,44-,45-,46-,47-,48-,49-,50-,51-,52-,53-,54-,55-,56-,57-,58-,59-,60-,61-,62-,63-,64?/m0/s1. The molecule has 18 aliphatic rings. The minimum atomic E-state index is -2.18. The molecule has 14 heterocycles. The topological polar surface area (TPSA) is 546 Å². The van der Waals surface area contributed by atoms with Gasteiger partial charge in [0, 0.05) is 25.7 Å². The molecule has 14 aliphatic heterocycles. The van der Waals surface area contributed by atoms with Crippen molar-refractivity contribution >= 4 is 0 Å². The molecule has 36 atom stereocenters. The first-order chi connectivity index (χ1) is 47.7. The van der Waals surface area contributed by atoms with E-state index < -0.39 is 254 Å². The molecular formula is C64H109N3O33. The van der Waals surface area contributed by atoms with Crippen molar-refractivity contribution in [3.8, 4) is 0 Å². The van der Waals surface area contributed by atoms with Crippen LogP contribution in [0.25, 0.3) is 0 Å². The number of ether oxygens (including phenoxy) is 14. The van der Waals surface area contributed by atoms with Crippen LogP contribution in [0.2, 0.25) is 0 Å². The van der Waals surface area contributed by atoms with Crippen LogP contribution in [0.5, 0.6) is 0 Å². The average Bonchev–Trinajstić information content (AvgIpc) is 0.755. The van der Waals surface area contributed by atoms with Crippen molar-refractivity contribution in [2.75, 3.05) is 72.3 Å². The first kappa shape index (κ1) is 78.2. The van der Waals surface area contributed by atoms with Gasteiger partial charge in [0.25, 0.3) is 0 Å². The Morgan fingerprint density at radius 1 is 0.350 bits per heavy atom. The molecule has 14 saturated heterocycles. The van der Waals surface area contributed by atoms with Crippen LogP contribution in [0.15, 0.2) is 0 Å². The van der Waals surface area contributed by atoms with Crippen LogP contribution in [0.1, 0.15) is 78.1 Å². The molecule has 14 unspecified atom stereocenters. The van der Waals surface area contributed by atoms with Crippen molar-refractivity contribution in [3.63, 3.8) is 0 Å². The van der Waals surface area contributed by atoms with Crippen molar-refractivity contribution in [2.24, 2.45) is 34.8 Å². The summed E-state index contributed by atoms with van der Waals surface area (Å²) in [7, 11) is 0. The lowest BCUT2D eigenvalue weighted by molar-refractivity contribution is -0.396. The summed E-state index contributed by atoms with van der Waals surface area (Å²) in [5.41, 5.74) is 6.91. The number of hydrogen-bond acceptors (Lipinski definition) is 36. The summed E-state index contributed by atoms with van der Waals surface area (Å²) in [6.45, 7) is -0.164. The van der Waals surface area contributed by atoms with E-state index in [0.717, 1.165) is 25.7 Å². The summed E-state index contributed by atoms with van der Waals surface area (Å²) in [5, 5.41) is 222. The van der Waals surface area contributed by atoms with Crippen LogP contribution < -0.4 is 5.73 Å². The second-order valence-electron chi connectivity index (χ2n) is 30.6. The SMILES string of the molecule is CC(C)C[C@H](N)CN1CCCCN(CCC23CC4CC(CC(C4)C2)C3)CC2O[C@H]3O[C@H]4C(CO)O[C@@H](O[C@H]5C(CO)O[C@@H](O[C@H]6C(CO)O[C@@H](O[C@H]7C(C1)O[C@@H](O[C@H]1C(CO)O[C@@H](O[C@H]8C(CO)O[C@@H](O[C@@H]2C(O)[C@@H]3O)[C@@H](O)C8O)[C@@H](O)C1O)[C@@H](O)C7O)[C@@H](O)C6O)[C@@H](O)C5O)[C@@H](O)C4O. The Kier molecular flexibility index (Phi) is 25.9. The van der Waals surface area contributed by atoms with E-state index >= 15 is 0 Å². The van der Waals surface area contributed by atoms with Crippen molar-refractivity contribution < 1.29 is 163 Å². The van der Waals surface area contributed by atoms with Gasteiger partial charge < -0.3 is 174 Å². The molecule has 36 heteroatoms. The van der Waals surface area contributed by atoms with Crippen LogP contribution in [0.3, 0.4) is 0 Å². The van der Waals surface area contributed by atoms with E-state index in [2.05, 4.69) is 4.90 Å². The van der Waals surface area contributed by atoms with Crippen LogP contribution in [0.4, 0.5) is 0 Å². The first-order valence-corrected chi connectivity index (χ1v) is 35.7. The number of nitrogens with two attached hydrogens (primary N) is 1. The third-order valence-electron chi connectivity index (χ3n) is 22.9. The fourth-order valence-electron chi connectivity index (χ4n) is 18.2. The number of aliphatic hydroxyl groups excluding tert-OH is 19. The summed E-state index contributed by atoms with van der Waals surface area (Å²) in [6.07, 6.45) is -59.2. The van der Waals surface area contributed by atoms with E-state index in [1.807, 2.05) is 18.7 Å². The van der Waals surface area contributed by atoms with Crippen LogP contribution in [-0.4, -0.2) is 400 Å². The lowest BCUT2D eigenvalue weighted by Crippen LogP contribution is -2.68. The molecule has 0 spiro atoms. The Hall–Kier alpha value is -1.44. The van der Waals surface area contributed by atoms with Gasteiger partial charge in [-0.1, -0.05) is 13.8 Å². The molecule has 0 aromatic heterocycles. The molecule has 18 fully saturated rings. The van der Waals surface area contributed by atoms with Crippen LogP contribution in [0, 0.1) is 29.1 Å². The zero-order valence-corrected chi connectivity index (χ0v) is 56.1. The molecule has 36 nitrogen and oxygen atoms in total. The number of nitrogens with zero attached hydrogens (tertiary/aromatic N) is 2. The Bertz CT molecular complexity index is 2520. The highest BCUT2D eigenvalue weighted by Gasteiger charge is 2.61. The molecule has 21 N–H and O–H groups in total. The summed E-state index contributed by atoms with van der Waals surface area (Å²) < 4.78 is 86.4. The van der Waals surface area contributed by atoms with E-state index in [1.165, 1.54) is 19.3 Å². The van der Waals surface area contributed by atoms with Crippen molar-refractivity contribution in [1.82, 2.24) is 9.80 Å². The maximum atomic E-state index is 12.5. The fraction of sp³-hybridized carbons (Fsp3) is 1.00. The van der Waals surface area contributed by atoms with E-state index in [1.54, 1.807) is 0 Å². The van der Waals surface area contributed by atoms with Crippen LogP contribution >= 0.6 is 0 Å². The van der Waals surface area contributed by atoms with Crippen molar-refractivity contribution in [2.45, 2.75) is 299 Å². The number of aliphatic hydroxyl groups is 19. The number of rotatable bonds is 12. The van der Waals surface area contributed by atoms with Gasteiger partial charge in [-0.2, -0.15) is 0 Å². The summed E-state index contributed by atoms with van der Waals surface area (Å²) >= 11 is 0. The highest BCUT2D eigenvalue weighted by atomic mass is 16.8. The highest BCUT2D eigenvalue weighted by molar-refractivity contribution is 5.05. The smallest absolute Gasteiger partial charge is 0.187 e. The molecule has 18 rings (SSSR count). The maximum absolute atomic E-state index is 12.5. The predicted molar refractivity (Wildman–Crippen MR) is 329 cm³/mol. The normalized spacial score (nSPS) is 52.8. The van der Waals surface area contributed by atoms with E-state index in [4.69, 9.17) is 72.0 Å². The number of hydrogen-bond donors (Lipinski definition) is 20. The van der Waals surface area contributed by atoms with Gasteiger partial charge in [-0.25, -0.2) is 0 Å². The largest absolute Gasteiger partial charge is 0.394 e. The maximum Gasteiger partial charge on any atom is 0.187 e. The number of fused-ring (bicyclic) bond motifs is 5. The second kappa shape index (κ2) is 33.2. The van der Waals surface area contributed by atoms with Gasteiger partial charge in [-0.15, -0.1) is 0 Å². The monoisotopic (exact) mass is 1450 g/mol. The quantitative estimate of drug-likeness (QED) is 0.0863. The van der Waals surface area contributed by atoms with Gasteiger partial charge in [0.05, 0.1) is 33.0 Å². The van der Waals surface area contributed by atoms with Gasteiger partial charge >= 0.3 is 0 Å². The Labute approximate surface area is 577 Å². The van der Waals surface area contributed by atoms with Gasteiger partial charge in [0.2, 0.25) is 0 Å². The molecule has 0 radical (unpaired) electrons. The second-order valence-corrected chi connectivity index (χ2v) is 30.6. The predicted octanol–water partition coefficient (Wildman–Crippen LogP) is -9.84. The zero-order chi connectivity index (χ0) is 71.5. The minimum Gasteiger partial charge on any atom is -0.394 e. The molecule has 0 aromatic rings. The zero-order valence-electron chi connectivity index (χ0n) is 56.1. The highest BCUT2D eigenvalue weighted by Crippen LogP contribution is 2.61. The molecule has 0 amide bonds. The Morgan fingerprint density at radius 3 is 0.900 bits per heavy atom. The molecule has 578 valence electrons. The van der Waals surface area contributed by atoms with E-state index in [0.29, 0.717) is 50.1 Å². The lowest BCUT2D eigenvalue weighted by atomic mass is 9.49. The van der Waals surface area contributed by atoms with Crippen LogP contribution in [-0.2, 0) is 66.3 Å². The Balaban J connectivity index is 0.951. The average molecular weight is 1450 g/mol. The minimum absolute atomic E-state index is 0.00919. The van der Waals surface area contributed by atoms with E-state index in [-0.39, 0.29) is 37.5 Å². The summed E-state index contributed by atoms with van der Waals surface area (Å²) in [5.74, 6) is 1.86. The lowest BCUT2D eigenvalue weighted by Gasteiger charge is -2.57. The molecule has 0 aromatic carbocycles. The van der Waals surface area contributed by atoms with Gasteiger partial charge in [0.1, 0.15) is 171 Å². The van der Waals surface area contributed by atoms with Crippen molar-refractivity contribution in [1.29, 1.82) is 0 Å². The molecule has 4 saturated carbocycles. The third kappa shape index (κ3) is 16.3. The van der Waals surface area contributed by atoms with Gasteiger partial charge in [0.15, 0.2) is 44.0 Å². The molecule has 4 aliphatic carbocycles. The first-order valence-electron chi connectivity index (χ1n) is 35.7. The fourth-order valence-corrected chi connectivity index (χ4v) is 18.2. The van der Waals surface area contributed by atoms with E-state index in [9.17, 15) is 97.0 Å². The third-order valence-corrected chi connectivity index (χ3v) is 22.9. The molecule has 18 bridgehead atoms. The van der Waals surface area contributed by atoms with Gasteiger partial charge in [-0.05, 0) is 113 Å². The molecular weight excluding hydrogens is 1340 g/mol. The van der Waals surface area contributed by atoms with Gasteiger partial charge in [-0.3, -0.25) is 4.90 Å². The summed E-state index contributed by atoms with van der Waals surface area (Å²) in [6, 6.07) is -0.494. The van der Waals surface area contributed by atoms with Crippen molar-refractivity contribution in [3.05, 3.63) is 0 Å².